The van der Waals surface area contributed by atoms with E-state index in [1.54, 1.807) is 12.3 Å². The van der Waals surface area contributed by atoms with Gasteiger partial charge in [0, 0.05) is 25.9 Å². The number of hydrogen-bond acceptors (Lipinski definition) is 8. The molecule has 0 radical (unpaired) electrons. The zero-order chi connectivity index (χ0) is 25.2. The Kier molecular flexibility index (Phi) is 6.55. The van der Waals surface area contributed by atoms with Crippen molar-refractivity contribution in [3.05, 3.63) is 82.9 Å². The molecule has 0 amide bonds. The first-order valence-corrected chi connectivity index (χ1v) is 12.6. The number of hydrogen-bond donors (Lipinski definition) is 0. The molecule has 2 aliphatic heterocycles. The third kappa shape index (κ3) is 5.05. The third-order valence-corrected chi connectivity index (χ3v) is 7.08. The van der Waals surface area contributed by atoms with Crippen LogP contribution in [-0.2, 0) is 42.1 Å². The van der Waals surface area contributed by atoms with E-state index in [0.717, 1.165) is 67.4 Å². The monoisotopic (exact) mass is 499 g/mol. The first kappa shape index (κ1) is 23.6. The van der Waals surface area contributed by atoms with Crippen LogP contribution in [-0.4, -0.2) is 57.0 Å². The fourth-order valence-electron chi connectivity index (χ4n) is 4.96. The maximum atomic E-state index is 12.2. The maximum absolute atomic E-state index is 12.2. The number of methoxy groups -OCH3 is 1. The Morgan fingerprint density at radius 1 is 1.16 bits per heavy atom. The molecule has 1 atom stereocenters. The second-order valence-corrected chi connectivity index (χ2v) is 9.51. The van der Waals surface area contributed by atoms with Crippen LogP contribution in [0.2, 0.25) is 0 Å². The Balaban J connectivity index is 1.22. The van der Waals surface area contributed by atoms with E-state index in [4.69, 9.17) is 19.2 Å². The largest absolute Gasteiger partial charge is 0.487 e. The Bertz CT molecular complexity index is 1420. The first-order valence-electron chi connectivity index (χ1n) is 12.6. The van der Waals surface area contributed by atoms with Crippen LogP contribution in [0.3, 0.4) is 0 Å². The highest BCUT2D eigenvalue weighted by atomic mass is 16.5. The lowest BCUT2D eigenvalue weighted by molar-refractivity contribution is -0.0592. The smallest absolute Gasteiger partial charge is 0.337 e. The van der Waals surface area contributed by atoms with Gasteiger partial charge in [-0.05, 0) is 66.4 Å². The molecular formula is C28H29N5O4. The predicted octanol–water partition coefficient (Wildman–Crippen LogP) is 3.54. The highest BCUT2D eigenvalue weighted by Crippen LogP contribution is 2.27. The average molecular weight is 500 g/mol. The number of aromatic nitrogens is 4. The fourth-order valence-corrected chi connectivity index (χ4v) is 4.96. The molecule has 6 rings (SSSR count). The van der Waals surface area contributed by atoms with E-state index < -0.39 is 0 Å². The van der Waals surface area contributed by atoms with E-state index in [0.29, 0.717) is 18.7 Å². The number of esters is 1. The molecule has 1 fully saturated rings. The van der Waals surface area contributed by atoms with Gasteiger partial charge in [0.1, 0.15) is 23.9 Å². The van der Waals surface area contributed by atoms with Crippen LogP contribution in [0.5, 0.6) is 5.75 Å². The second kappa shape index (κ2) is 10.3. The molecule has 1 saturated heterocycles. The van der Waals surface area contributed by atoms with Crippen LogP contribution in [0.1, 0.15) is 39.4 Å². The summed E-state index contributed by atoms with van der Waals surface area (Å²) in [6, 6.07) is 15.6. The molecule has 0 saturated carbocycles. The summed E-state index contributed by atoms with van der Waals surface area (Å²) in [6.07, 6.45) is 3.83. The molecule has 190 valence electrons. The number of imidazole rings is 1. The molecule has 0 bridgehead atoms. The van der Waals surface area contributed by atoms with Gasteiger partial charge in [0.2, 0.25) is 0 Å². The first-order chi connectivity index (χ1) is 18.2. The number of ether oxygens (including phenoxy) is 3. The molecule has 2 aliphatic rings. The molecule has 4 aromatic rings. The molecule has 9 heteroatoms. The van der Waals surface area contributed by atoms with Crippen molar-refractivity contribution in [2.24, 2.45) is 0 Å². The molecule has 0 spiro atoms. The summed E-state index contributed by atoms with van der Waals surface area (Å²) in [5, 5.41) is 8.00. The van der Waals surface area contributed by atoms with E-state index in [2.05, 4.69) is 31.8 Å². The lowest BCUT2D eigenvalue weighted by Gasteiger charge is -2.30. The average Bonchev–Trinajstić information content (AvgIpc) is 3.25. The molecule has 4 heterocycles. The van der Waals surface area contributed by atoms with Gasteiger partial charge in [-0.1, -0.05) is 6.07 Å². The van der Waals surface area contributed by atoms with Gasteiger partial charge in [0.25, 0.3) is 0 Å². The molecule has 0 N–H and O–H groups in total. The highest BCUT2D eigenvalue weighted by Gasteiger charge is 2.25. The number of nitrogens with zero attached hydrogens (tertiary/aromatic N) is 5. The van der Waals surface area contributed by atoms with E-state index in [-0.39, 0.29) is 12.1 Å². The molecule has 9 nitrogen and oxygen atoms in total. The minimum Gasteiger partial charge on any atom is -0.487 e. The van der Waals surface area contributed by atoms with Crippen molar-refractivity contribution in [3.63, 3.8) is 0 Å². The van der Waals surface area contributed by atoms with E-state index >= 15 is 0 Å². The lowest BCUT2D eigenvalue weighted by Crippen LogP contribution is -2.34. The van der Waals surface area contributed by atoms with Crippen LogP contribution in [0, 0.1) is 0 Å². The summed E-state index contributed by atoms with van der Waals surface area (Å²) in [5.41, 5.74) is 5.75. The topological polar surface area (TPSA) is 91.6 Å². The van der Waals surface area contributed by atoms with Gasteiger partial charge in [0.15, 0.2) is 0 Å². The highest BCUT2D eigenvalue weighted by molar-refractivity contribution is 5.93. The van der Waals surface area contributed by atoms with Gasteiger partial charge >= 0.3 is 5.97 Å². The van der Waals surface area contributed by atoms with E-state index in [1.807, 2.05) is 30.3 Å². The quantitative estimate of drug-likeness (QED) is 0.340. The Morgan fingerprint density at radius 2 is 2.08 bits per heavy atom. The summed E-state index contributed by atoms with van der Waals surface area (Å²) in [5.74, 6) is 1.46. The van der Waals surface area contributed by atoms with Gasteiger partial charge in [-0.2, -0.15) is 10.2 Å². The lowest BCUT2D eigenvalue weighted by atomic mass is 9.99. The number of rotatable bonds is 8. The molecule has 37 heavy (non-hydrogen) atoms. The van der Waals surface area contributed by atoms with Crippen LogP contribution in [0.4, 0.5) is 0 Å². The normalized spacial score (nSPS) is 17.3. The standard InChI is InChI=1S/C28H29N5O4/c1-35-28(34)20-5-7-25-26(14-20)33(16-24-9-12-36-24)27(30-25)17-32-11-8-19-4-6-23(13-21(19)15-32)37-18-22-3-2-10-29-31-22/h2-7,10,13-14,24H,8-9,11-12,15-18H2,1H3/t24-/m0/s1. The third-order valence-electron chi connectivity index (χ3n) is 7.08. The Morgan fingerprint density at radius 3 is 2.86 bits per heavy atom. The van der Waals surface area contributed by atoms with Crippen LogP contribution < -0.4 is 4.74 Å². The zero-order valence-electron chi connectivity index (χ0n) is 20.8. The zero-order valence-corrected chi connectivity index (χ0v) is 20.8. The van der Waals surface area contributed by atoms with Crippen LogP contribution in [0.15, 0.2) is 54.7 Å². The number of carbonyl (C=O) groups is 1. The number of fused-ring (bicyclic) bond motifs is 2. The summed E-state index contributed by atoms with van der Waals surface area (Å²) in [6.45, 7) is 4.37. The van der Waals surface area contributed by atoms with Crippen molar-refractivity contribution < 1.29 is 19.0 Å². The van der Waals surface area contributed by atoms with Crippen molar-refractivity contribution in [3.8, 4) is 5.75 Å². The Labute approximate surface area is 215 Å². The predicted molar refractivity (Wildman–Crippen MR) is 136 cm³/mol. The van der Waals surface area contributed by atoms with Gasteiger partial charge in [-0.15, -0.1) is 0 Å². The minimum atomic E-state index is -0.346. The molecule has 0 unspecified atom stereocenters. The maximum Gasteiger partial charge on any atom is 0.337 e. The molecule has 2 aromatic heterocycles. The van der Waals surface area contributed by atoms with Gasteiger partial charge in [0.05, 0.1) is 42.9 Å². The second-order valence-electron chi connectivity index (χ2n) is 9.51. The van der Waals surface area contributed by atoms with Gasteiger partial charge in [-0.3, -0.25) is 4.90 Å². The number of carbonyl (C=O) groups excluding carboxylic acids is 1. The van der Waals surface area contributed by atoms with Crippen molar-refractivity contribution in [1.82, 2.24) is 24.6 Å². The van der Waals surface area contributed by atoms with Crippen molar-refractivity contribution in [2.75, 3.05) is 20.3 Å². The van der Waals surface area contributed by atoms with E-state index in [9.17, 15) is 4.79 Å². The molecule has 2 aromatic carbocycles. The SMILES string of the molecule is COC(=O)c1ccc2nc(CN3CCc4ccc(OCc5cccnn5)cc4C3)n(C[C@@H]3CCO3)c2c1. The van der Waals surface area contributed by atoms with Crippen molar-refractivity contribution >= 4 is 17.0 Å². The fraction of sp³-hybridized carbons (Fsp3) is 0.357. The molecular weight excluding hydrogens is 470 g/mol. The van der Waals surface area contributed by atoms with Gasteiger partial charge in [-0.25, -0.2) is 9.78 Å². The minimum absolute atomic E-state index is 0.175. The Hall–Kier alpha value is -3.82. The van der Waals surface area contributed by atoms with Crippen molar-refractivity contribution in [2.45, 2.75) is 45.2 Å². The van der Waals surface area contributed by atoms with Gasteiger partial charge < -0.3 is 18.8 Å². The molecule has 0 aliphatic carbocycles. The summed E-state index contributed by atoms with van der Waals surface area (Å²) in [4.78, 5) is 19.5. The van der Waals surface area contributed by atoms with E-state index in [1.165, 1.54) is 18.2 Å². The summed E-state index contributed by atoms with van der Waals surface area (Å²) < 4.78 is 18.9. The number of benzene rings is 2. The van der Waals surface area contributed by atoms with Crippen LogP contribution in [0.25, 0.3) is 11.0 Å². The summed E-state index contributed by atoms with van der Waals surface area (Å²) in [7, 11) is 1.40. The van der Waals surface area contributed by atoms with Crippen molar-refractivity contribution in [1.29, 1.82) is 0 Å². The van der Waals surface area contributed by atoms with Crippen LogP contribution >= 0.6 is 0 Å². The summed E-state index contributed by atoms with van der Waals surface area (Å²) >= 11 is 0.